The molecule has 5 heteroatoms. The molecular weight excluding hydrogens is 210 g/mol. The van der Waals surface area contributed by atoms with Crippen molar-refractivity contribution < 1.29 is 4.52 Å². The SMILES string of the molecule is CCCSCc1noc(C(C)CCN)n1. The number of aromatic nitrogens is 2. The van der Waals surface area contributed by atoms with Crippen molar-refractivity contribution in [3.05, 3.63) is 11.7 Å². The Morgan fingerprint density at radius 2 is 2.33 bits per heavy atom. The van der Waals surface area contributed by atoms with Gasteiger partial charge in [-0.15, -0.1) is 0 Å². The molecule has 1 aromatic rings. The van der Waals surface area contributed by atoms with Crippen LogP contribution in [0.4, 0.5) is 0 Å². The van der Waals surface area contributed by atoms with Crippen molar-refractivity contribution in [1.82, 2.24) is 10.1 Å². The highest BCUT2D eigenvalue weighted by molar-refractivity contribution is 7.98. The van der Waals surface area contributed by atoms with Crippen LogP contribution in [0.15, 0.2) is 4.52 Å². The molecule has 0 radical (unpaired) electrons. The Hall–Kier alpha value is -0.550. The Morgan fingerprint density at radius 3 is 3.00 bits per heavy atom. The number of rotatable bonds is 7. The molecule has 0 spiro atoms. The maximum Gasteiger partial charge on any atom is 0.229 e. The van der Waals surface area contributed by atoms with Gasteiger partial charge in [-0.25, -0.2) is 0 Å². The summed E-state index contributed by atoms with van der Waals surface area (Å²) in [7, 11) is 0. The normalized spacial score (nSPS) is 13.0. The third-order valence-electron chi connectivity index (χ3n) is 2.08. The van der Waals surface area contributed by atoms with Crippen LogP contribution in [0.25, 0.3) is 0 Å². The van der Waals surface area contributed by atoms with Gasteiger partial charge in [-0.2, -0.15) is 16.7 Å². The van der Waals surface area contributed by atoms with Crippen LogP contribution in [0, 0.1) is 0 Å². The van der Waals surface area contributed by atoms with Crippen molar-refractivity contribution in [2.24, 2.45) is 5.73 Å². The van der Waals surface area contributed by atoms with Gasteiger partial charge in [0, 0.05) is 5.92 Å². The molecule has 0 saturated heterocycles. The van der Waals surface area contributed by atoms with E-state index in [0.29, 0.717) is 12.4 Å². The van der Waals surface area contributed by atoms with Crippen molar-refractivity contribution in [2.45, 2.75) is 38.4 Å². The predicted octanol–water partition coefficient (Wildman–Crippen LogP) is 2.17. The molecule has 0 aliphatic rings. The van der Waals surface area contributed by atoms with Crippen LogP contribution < -0.4 is 5.73 Å². The lowest BCUT2D eigenvalue weighted by Gasteiger charge is -2.01. The first-order valence-electron chi connectivity index (χ1n) is 5.38. The molecule has 0 aliphatic carbocycles. The van der Waals surface area contributed by atoms with Gasteiger partial charge in [0.15, 0.2) is 5.82 Å². The van der Waals surface area contributed by atoms with E-state index in [4.69, 9.17) is 10.3 Å². The maximum absolute atomic E-state index is 5.48. The van der Waals surface area contributed by atoms with E-state index >= 15 is 0 Å². The molecule has 1 rings (SSSR count). The zero-order chi connectivity index (χ0) is 11.1. The van der Waals surface area contributed by atoms with E-state index in [1.807, 2.05) is 11.8 Å². The van der Waals surface area contributed by atoms with Crippen LogP contribution in [0.2, 0.25) is 0 Å². The third kappa shape index (κ3) is 4.22. The van der Waals surface area contributed by atoms with Gasteiger partial charge in [-0.3, -0.25) is 0 Å². The smallest absolute Gasteiger partial charge is 0.229 e. The Labute approximate surface area is 95.0 Å². The molecule has 86 valence electrons. The molecule has 1 unspecified atom stereocenters. The Balaban J connectivity index is 2.41. The summed E-state index contributed by atoms with van der Waals surface area (Å²) >= 11 is 1.84. The molecule has 0 fully saturated rings. The molecule has 1 heterocycles. The average Bonchev–Trinajstić information content (AvgIpc) is 2.67. The van der Waals surface area contributed by atoms with E-state index < -0.39 is 0 Å². The van der Waals surface area contributed by atoms with Gasteiger partial charge >= 0.3 is 0 Å². The van der Waals surface area contributed by atoms with Crippen LogP contribution in [0.1, 0.15) is 44.3 Å². The van der Waals surface area contributed by atoms with Gasteiger partial charge in [0.2, 0.25) is 5.89 Å². The highest BCUT2D eigenvalue weighted by Crippen LogP contribution is 2.17. The number of nitrogens with two attached hydrogens (primary N) is 1. The van der Waals surface area contributed by atoms with Crippen molar-refractivity contribution in [3.8, 4) is 0 Å². The topological polar surface area (TPSA) is 64.9 Å². The first-order valence-corrected chi connectivity index (χ1v) is 6.53. The van der Waals surface area contributed by atoms with Crippen LogP contribution in [0.5, 0.6) is 0 Å². The second-order valence-corrected chi connectivity index (χ2v) is 4.68. The summed E-state index contributed by atoms with van der Waals surface area (Å²) < 4.78 is 5.18. The van der Waals surface area contributed by atoms with Gasteiger partial charge in [0.25, 0.3) is 0 Å². The molecular formula is C10H19N3OS. The molecule has 0 aliphatic heterocycles. The molecule has 4 nitrogen and oxygen atoms in total. The summed E-state index contributed by atoms with van der Waals surface area (Å²) in [4.78, 5) is 4.35. The third-order valence-corrected chi connectivity index (χ3v) is 3.24. The predicted molar refractivity (Wildman–Crippen MR) is 62.8 cm³/mol. The largest absolute Gasteiger partial charge is 0.339 e. The minimum Gasteiger partial charge on any atom is -0.339 e. The first kappa shape index (κ1) is 12.5. The second kappa shape index (κ2) is 6.85. The standard InChI is InChI=1S/C10H19N3OS/c1-3-6-15-7-9-12-10(14-13-9)8(2)4-5-11/h8H,3-7,11H2,1-2H3. The van der Waals surface area contributed by atoms with E-state index in [9.17, 15) is 0 Å². The lowest BCUT2D eigenvalue weighted by Crippen LogP contribution is -2.04. The summed E-state index contributed by atoms with van der Waals surface area (Å²) in [5, 5.41) is 3.94. The van der Waals surface area contributed by atoms with Gasteiger partial charge in [0.05, 0.1) is 5.75 Å². The van der Waals surface area contributed by atoms with Crippen LogP contribution in [-0.2, 0) is 5.75 Å². The van der Waals surface area contributed by atoms with Crippen molar-refractivity contribution in [1.29, 1.82) is 0 Å². The zero-order valence-electron chi connectivity index (χ0n) is 9.40. The molecule has 15 heavy (non-hydrogen) atoms. The Morgan fingerprint density at radius 1 is 1.53 bits per heavy atom. The van der Waals surface area contributed by atoms with E-state index in [1.54, 1.807) is 0 Å². The summed E-state index contributed by atoms with van der Waals surface area (Å²) in [5.74, 6) is 3.77. The van der Waals surface area contributed by atoms with E-state index in [2.05, 4.69) is 24.0 Å². The minimum atomic E-state index is 0.271. The molecule has 1 atom stereocenters. The van der Waals surface area contributed by atoms with Crippen molar-refractivity contribution in [2.75, 3.05) is 12.3 Å². The number of thioether (sulfide) groups is 1. The fourth-order valence-electron chi connectivity index (χ4n) is 1.21. The first-order chi connectivity index (χ1) is 7.27. The van der Waals surface area contributed by atoms with Crippen LogP contribution >= 0.6 is 11.8 Å². The van der Waals surface area contributed by atoms with E-state index in [0.717, 1.165) is 23.8 Å². The maximum atomic E-state index is 5.48. The van der Waals surface area contributed by atoms with Crippen molar-refractivity contribution >= 4 is 11.8 Å². The Bertz CT molecular complexity index is 277. The van der Waals surface area contributed by atoms with Gasteiger partial charge in [-0.05, 0) is 25.1 Å². The van der Waals surface area contributed by atoms with E-state index in [-0.39, 0.29) is 5.92 Å². The van der Waals surface area contributed by atoms with Gasteiger partial charge in [0.1, 0.15) is 0 Å². The van der Waals surface area contributed by atoms with E-state index in [1.165, 1.54) is 6.42 Å². The quantitative estimate of drug-likeness (QED) is 0.726. The monoisotopic (exact) mass is 229 g/mol. The summed E-state index contributed by atoms with van der Waals surface area (Å²) in [5.41, 5.74) is 5.48. The number of nitrogens with zero attached hydrogens (tertiary/aromatic N) is 2. The van der Waals surface area contributed by atoms with Crippen molar-refractivity contribution in [3.63, 3.8) is 0 Å². The second-order valence-electron chi connectivity index (χ2n) is 3.58. The molecule has 2 N–H and O–H groups in total. The lowest BCUT2D eigenvalue weighted by atomic mass is 10.1. The zero-order valence-corrected chi connectivity index (χ0v) is 10.2. The molecule has 0 saturated carbocycles. The Kier molecular flexibility index (Phi) is 5.71. The van der Waals surface area contributed by atoms with Gasteiger partial charge < -0.3 is 10.3 Å². The lowest BCUT2D eigenvalue weighted by molar-refractivity contribution is 0.352. The van der Waals surface area contributed by atoms with Crippen LogP contribution in [0.3, 0.4) is 0 Å². The summed E-state index contributed by atoms with van der Waals surface area (Å²) in [6.45, 7) is 4.88. The van der Waals surface area contributed by atoms with Crippen LogP contribution in [-0.4, -0.2) is 22.4 Å². The minimum absolute atomic E-state index is 0.271. The summed E-state index contributed by atoms with van der Waals surface area (Å²) in [6, 6.07) is 0. The molecule has 1 aromatic heterocycles. The molecule has 0 aromatic carbocycles. The van der Waals surface area contributed by atoms with Gasteiger partial charge in [-0.1, -0.05) is 19.0 Å². The highest BCUT2D eigenvalue weighted by Gasteiger charge is 2.13. The fourth-order valence-corrected chi connectivity index (χ4v) is 1.94. The summed E-state index contributed by atoms with van der Waals surface area (Å²) in [6.07, 6.45) is 2.07. The molecule has 0 amide bonds. The number of hydrogen-bond donors (Lipinski definition) is 1. The fraction of sp³-hybridized carbons (Fsp3) is 0.800. The highest BCUT2D eigenvalue weighted by atomic mass is 32.2. The molecule has 0 bridgehead atoms. The average molecular weight is 229 g/mol. The number of hydrogen-bond acceptors (Lipinski definition) is 5.